The van der Waals surface area contributed by atoms with Crippen LogP contribution in [0.25, 0.3) is 0 Å². The predicted octanol–water partition coefficient (Wildman–Crippen LogP) is -0.0255. The third-order valence-corrected chi connectivity index (χ3v) is 1.57. The standard InChI is InChI=1S/C8H10N2O3/c1-5-3-7(11)9-4-6(5)8(12)10-13-2/h3-4H,1-2H3,(H,9,11)(H,10,12). The Hall–Kier alpha value is -1.62. The van der Waals surface area contributed by atoms with Crippen molar-refractivity contribution in [2.45, 2.75) is 6.92 Å². The summed E-state index contributed by atoms with van der Waals surface area (Å²) in [6.45, 7) is 1.68. The van der Waals surface area contributed by atoms with Crippen molar-refractivity contribution in [3.05, 3.63) is 33.7 Å². The first-order chi connectivity index (χ1) is 6.15. The first kappa shape index (κ1) is 9.47. The number of aryl methyl sites for hydroxylation is 1. The summed E-state index contributed by atoms with van der Waals surface area (Å²) in [5.74, 6) is -0.378. The first-order valence-electron chi connectivity index (χ1n) is 3.68. The molecular formula is C8H10N2O3. The normalized spacial score (nSPS) is 9.69. The average molecular weight is 182 g/mol. The molecule has 1 aromatic heterocycles. The van der Waals surface area contributed by atoms with Crippen LogP contribution in [0.2, 0.25) is 0 Å². The Bertz CT molecular complexity index is 370. The van der Waals surface area contributed by atoms with E-state index in [1.807, 2.05) is 0 Å². The Morgan fingerprint density at radius 3 is 2.85 bits per heavy atom. The smallest absolute Gasteiger partial charge is 0.276 e. The summed E-state index contributed by atoms with van der Waals surface area (Å²) < 4.78 is 0. The Morgan fingerprint density at radius 1 is 1.62 bits per heavy atom. The topological polar surface area (TPSA) is 71.2 Å². The van der Waals surface area contributed by atoms with Crippen LogP contribution in [0, 0.1) is 6.92 Å². The average Bonchev–Trinajstić information content (AvgIpc) is 2.04. The van der Waals surface area contributed by atoms with Gasteiger partial charge in [-0.2, -0.15) is 0 Å². The number of hydrogen-bond acceptors (Lipinski definition) is 3. The maximum absolute atomic E-state index is 11.2. The van der Waals surface area contributed by atoms with Crippen molar-refractivity contribution < 1.29 is 9.63 Å². The van der Waals surface area contributed by atoms with Crippen LogP contribution in [-0.4, -0.2) is 18.0 Å². The van der Waals surface area contributed by atoms with Gasteiger partial charge in [-0.3, -0.25) is 14.4 Å². The fourth-order valence-corrected chi connectivity index (χ4v) is 0.965. The van der Waals surface area contributed by atoms with Crippen molar-refractivity contribution in [1.82, 2.24) is 10.5 Å². The van der Waals surface area contributed by atoms with Crippen molar-refractivity contribution in [3.63, 3.8) is 0 Å². The van der Waals surface area contributed by atoms with Gasteiger partial charge in [0, 0.05) is 12.3 Å². The van der Waals surface area contributed by atoms with E-state index in [0.717, 1.165) is 0 Å². The van der Waals surface area contributed by atoms with Crippen LogP contribution in [-0.2, 0) is 4.84 Å². The van der Waals surface area contributed by atoms with Crippen molar-refractivity contribution in [3.8, 4) is 0 Å². The third-order valence-electron chi connectivity index (χ3n) is 1.57. The lowest BCUT2D eigenvalue weighted by Gasteiger charge is -2.03. The summed E-state index contributed by atoms with van der Waals surface area (Å²) in [7, 11) is 1.35. The lowest BCUT2D eigenvalue weighted by Crippen LogP contribution is -2.24. The van der Waals surface area contributed by atoms with Gasteiger partial charge in [0.2, 0.25) is 5.56 Å². The van der Waals surface area contributed by atoms with E-state index in [2.05, 4.69) is 15.3 Å². The molecule has 5 heteroatoms. The lowest BCUT2D eigenvalue weighted by atomic mass is 10.1. The molecule has 70 valence electrons. The lowest BCUT2D eigenvalue weighted by molar-refractivity contribution is 0.0536. The van der Waals surface area contributed by atoms with E-state index in [9.17, 15) is 9.59 Å². The molecule has 0 radical (unpaired) electrons. The number of aromatic nitrogens is 1. The van der Waals surface area contributed by atoms with Crippen LogP contribution in [0.15, 0.2) is 17.1 Å². The summed E-state index contributed by atoms with van der Waals surface area (Å²) in [5.41, 5.74) is 2.93. The minimum atomic E-state index is -0.378. The molecule has 0 fully saturated rings. The molecule has 1 aromatic rings. The van der Waals surface area contributed by atoms with Gasteiger partial charge in [-0.25, -0.2) is 5.48 Å². The highest BCUT2D eigenvalue weighted by molar-refractivity contribution is 5.94. The highest BCUT2D eigenvalue weighted by atomic mass is 16.6. The summed E-state index contributed by atoms with van der Waals surface area (Å²) in [4.78, 5) is 28.9. The molecular weight excluding hydrogens is 172 g/mol. The molecule has 0 aliphatic rings. The molecule has 0 spiro atoms. The molecule has 0 saturated heterocycles. The number of H-pyrrole nitrogens is 1. The number of nitrogens with one attached hydrogen (secondary N) is 2. The molecule has 0 bridgehead atoms. The molecule has 1 heterocycles. The van der Waals surface area contributed by atoms with Crippen molar-refractivity contribution in [2.75, 3.05) is 7.11 Å². The zero-order chi connectivity index (χ0) is 9.84. The maximum atomic E-state index is 11.2. The summed E-state index contributed by atoms with van der Waals surface area (Å²) in [6.07, 6.45) is 1.35. The summed E-state index contributed by atoms with van der Waals surface area (Å²) >= 11 is 0. The number of amides is 1. The molecule has 1 rings (SSSR count). The van der Waals surface area contributed by atoms with Gasteiger partial charge in [-0.05, 0) is 12.5 Å². The van der Waals surface area contributed by atoms with Gasteiger partial charge in [0.25, 0.3) is 5.91 Å². The van der Waals surface area contributed by atoms with Crippen molar-refractivity contribution in [1.29, 1.82) is 0 Å². The largest absolute Gasteiger partial charge is 0.328 e. The minimum Gasteiger partial charge on any atom is -0.328 e. The molecule has 1 amide bonds. The monoisotopic (exact) mass is 182 g/mol. The Labute approximate surface area is 74.7 Å². The number of hydroxylamine groups is 1. The quantitative estimate of drug-likeness (QED) is 0.631. The summed E-state index contributed by atoms with van der Waals surface area (Å²) in [5, 5.41) is 0. The van der Waals surface area contributed by atoms with Crippen molar-refractivity contribution >= 4 is 5.91 Å². The minimum absolute atomic E-state index is 0.230. The van der Waals surface area contributed by atoms with Crippen LogP contribution >= 0.6 is 0 Å². The molecule has 0 aromatic carbocycles. The van der Waals surface area contributed by atoms with Gasteiger partial charge < -0.3 is 4.98 Å². The fraction of sp³-hybridized carbons (Fsp3) is 0.250. The number of carbonyl (C=O) groups is 1. The Kier molecular flexibility index (Phi) is 2.81. The third kappa shape index (κ3) is 2.16. The number of pyridine rings is 1. The number of aromatic amines is 1. The second kappa shape index (κ2) is 3.86. The van der Waals surface area contributed by atoms with Gasteiger partial charge in [0.15, 0.2) is 0 Å². The zero-order valence-electron chi connectivity index (χ0n) is 7.38. The molecule has 0 unspecified atom stereocenters. The van der Waals surface area contributed by atoms with Gasteiger partial charge in [0.05, 0.1) is 12.7 Å². The first-order valence-corrected chi connectivity index (χ1v) is 3.68. The maximum Gasteiger partial charge on any atom is 0.276 e. The van der Waals surface area contributed by atoms with E-state index in [4.69, 9.17) is 0 Å². The zero-order valence-corrected chi connectivity index (χ0v) is 7.38. The number of hydrogen-bond donors (Lipinski definition) is 2. The van der Waals surface area contributed by atoms with Crippen LogP contribution in [0.4, 0.5) is 0 Å². The SMILES string of the molecule is CONC(=O)c1c[nH]c(=O)cc1C. The van der Waals surface area contributed by atoms with Crippen molar-refractivity contribution in [2.24, 2.45) is 0 Å². The molecule has 0 atom stereocenters. The number of carbonyl (C=O) groups excluding carboxylic acids is 1. The second-order valence-corrected chi connectivity index (χ2v) is 2.53. The van der Waals surface area contributed by atoms with Gasteiger partial charge in [0.1, 0.15) is 0 Å². The Morgan fingerprint density at radius 2 is 2.31 bits per heavy atom. The van der Waals surface area contributed by atoms with E-state index in [0.29, 0.717) is 11.1 Å². The molecule has 0 saturated carbocycles. The fourth-order valence-electron chi connectivity index (χ4n) is 0.965. The molecule has 13 heavy (non-hydrogen) atoms. The predicted molar refractivity (Wildman–Crippen MR) is 46.3 cm³/mol. The van der Waals surface area contributed by atoms with Crippen LogP contribution < -0.4 is 11.0 Å². The van der Waals surface area contributed by atoms with Crippen LogP contribution in [0.3, 0.4) is 0 Å². The number of rotatable bonds is 2. The molecule has 0 aliphatic carbocycles. The molecule has 5 nitrogen and oxygen atoms in total. The highest BCUT2D eigenvalue weighted by Gasteiger charge is 2.07. The molecule has 0 aliphatic heterocycles. The molecule has 2 N–H and O–H groups in total. The van der Waals surface area contributed by atoms with E-state index in [1.54, 1.807) is 6.92 Å². The van der Waals surface area contributed by atoms with E-state index in [-0.39, 0.29) is 11.5 Å². The van der Waals surface area contributed by atoms with Crippen LogP contribution in [0.5, 0.6) is 0 Å². The van der Waals surface area contributed by atoms with Gasteiger partial charge in [-0.1, -0.05) is 0 Å². The van der Waals surface area contributed by atoms with Gasteiger partial charge in [-0.15, -0.1) is 0 Å². The van der Waals surface area contributed by atoms with E-state index < -0.39 is 0 Å². The Balaban J connectivity index is 3.02. The summed E-state index contributed by atoms with van der Waals surface area (Å²) in [6, 6.07) is 1.35. The van der Waals surface area contributed by atoms with Crippen LogP contribution in [0.1, 0.15) is 15.9 Å². The van der Waals surface area contributed by atoms with E-state index >= 15 is 0 Å². The van der Waals surface area contributed by atoms with Gasteiger partial charge >= 0.3 is 0 Å². The van der Waals surface area contributed by atoms with E-state index in [1.165, 1.54) is 19.4 Å². The second-order valence-electron chi connectivity index (χ2n) is 2.53. The highest BCUT2D eigenvalue weighted by Crippen LogP contribution is 2.01.